The highest BCUT2D eigenvalue weighted by Gasteiger charge is 2.32. The fourth-order valence-electron chi connectivity index (χ4n) is 2.80. The summed E-state index contributed by atoms with van der Waals surface area (Å²) >= 11 is 5.82. The van der Waals surface area contributed by atoms with Crippen molar-refractivity contribution in [2.24, 2.45) is 5.92 Å². The molecule has 138 valence electrons. The number of rotatable bonds is 6. The summed E-state index contributed by atoms with van der Waals surface area (Å²) in [5.74, 6) is 0.542. The van der Waals surface area contributed by atoms with Crippen LogP contribution in [0.15, 0.2) is 29.2 Å². The summed E-state index contributed by atoms with van der Waals surface area (Å²) in [5.41, 5.74) is 0. The van der Waals surface area contributed by atoms with Gasteiger partial charge in [-0.2, -0.15) is 4.31 Å². The molecule has 1 aromatic rings. The van der Waals surface area contributed by atoms with Gasteiger partial charge in [-0.1, -0.05) is 11.6 Å². The lowest BCUT2D eigenvalue weighted by molar-refractivity contribution is -0.144. The normalized spacial score (nSPS) is 20.5. The lowest BCUT2D eigenvalue weighted by Gasteiger charge is -2.35. The fourth-order valence-corrected chi connectivity index (χ4v) is 4.35. The molecule has 1 aliphatic heterocycles. The van der Waals surface area contributed by atoms with E-state index < -0.39 is 16.1 Å². The smallest absolute Gasteiger partial charge is 0.251 e. The Kier molecular flexibility index (Phi) is 5.68. The Balaban J connectivity index is 1.55. The van der Waals surface area contributed by atoms with Crippen molar-refractivity contribution in [1.29, 1.82) is 0 Å². The second-order valence-corrected chi connectivity index (χ2v) is 8.98. The standard InChI is InChI=1S/C17H23ClN2O4S/c1-13(24-12-14-2-3-14)17(21)19-8-10-20(11-9-19)25(22,23)16-6-4-15(18)5-7-16/h4-7,13-14H,2-3,8-12H2,1H3. The van der Waals surface area contributed by atoms with E-state index in [4.69, 9.17) is 16.3 Å². The number of carbonyl (C=O) groups is 1. The molecule has 1 aromatic carbocycles. The molecule has 1 amide bonds. The van der Waals surface area contributed by atoms with Crippen LogP contribution >= 0.6 is 11.6 Å². The molecule has 6 nitrogen and oxygen atoms in total. The van der Waals surface area contributed by atoms with Gasteiger partial charge in [-0.25, -0.2) is 8.42 Å². The summed E-state index contributed by atoms with van der Waals surface area (Å²) < 4.78 is 32.3. The van der Waals surface area contributed by atoms with Crippen LogP contribution in [0.4, 0.5) is 0 Å². The van der Waals surface area contributed by atoms with Gasteiger partial charge in [0.1, 0.15) is 6.10 Å². The van der Waals surface area contributed by atoms with E-state index in [2.05, 4.69) is 0 Å². The van der Waals surface area contributed by atoms with Crippen molar-refractivity contribution < 1.29 is 17.9 Å². The average molecular weight is 387 g/mol. The van der Waals surface area contributed by atoms with E-state index in [-0.39, 0.29) is 23.9 Å². The van der Waals surface area contributed by atoms with Crippen LogP contribution in [0.1, 0.15) is 19.8 Å². The number of nitrogens with zero attached hydrogens (tertiary/aromatic N) is 2. The highest BCUT2D eigenvalue weighted by Crippen LogP contribution is 2.29. The number of hydrogen-bond acceptors (Lipinski definition) is 4. The maximum absolute atomic E-state index is 12.6. The lowest BCUT2D eigenvalue weighted by atomic mass is 10.3. The van der Waals surface area contributed by atoms with Gasteiger partial charge in [0, 0.05) is 31.2 Å². The van der Waals surface area contributed by atoms with Gasteiger partial charge in [0.15, 0.2) is 0 Å². The zero-order valence-corrected chi connectivity index (χ0v) is 15.8. The van der Waals surface area contributed by atoms with Crippen LogP contribution in [-0.2, 0) is 19.6 Å². The Hall–Kier alpha value is -1.15. The van der Waals surface area contributed by atoms with Crippen molar-refractivity contribution in [3.63, 3.8) is 0 Å². The molecule has 1 unspecified atom stereocenters. The summed E-state index contributed by atoms with van der Waals surface area (Å²) in [6, 6.07) is 6.13. The van der Waals surface area contributed by atoms with Gasteiger partial charge in [0.25, 0.3) is 5.91 Å². The van der Waals surface area contributed by atoms with Crippen molar-refractivity contribution in [1.82, 2.24) is 9.21 Å². The Bertz CT molecular complexity index is 711. The van der Waals surface area contributed by atoms with Crippen LogP contribution in [0.3, 0.4) is 0 Å². The second kappa shape index (κ2) is 7.61. The molecule has 0 aromatic heterocycles. The van der Waals surface area contributed by atoms with Gasteiger partial charge in [0.05, 0.1) is 11.5 Å². The molecule has 3 rings (SSSR count). The van der Waals surface area contributed by atoms with Crippen LogP contribution in [0.25, 0.3) is 0 Å². The highest BCUT2D eigenvalue weighted by atomic mass is 35.5. The molecule has 0 N–H and O–H groups in total. The van der Waals surface area contributed by atoms with Gasteiger partial charge in [-0.3, -0.25) is 4.79 Å². The van der Waals surface area contributed by atoms with Crippen LogP contribution in [0.5, 0.6) is 0 Å². The van der Waals surface area contributed by atoms with E-state index in [0.717, 1.165) is 0 Å². The maximum Gasteiger partial charge on any atom is 0.251 e. The van der Waals surface area contributed by atoms with E-state index >= 15 is 0 Å². The summed E-state index contributed by atoms with van der Waals surface area (Å²) in [4.78, 5) is 14.3. The van der Waals surface area contributed by atoms with Gasteiger partial charge < -0.3 is 9.64 Å². The van der Waals surface area contributed by atoms with E-state index in [0.29, 0.717) is 30.6 Å². The van der Waals surface area contributed by atoms with Crippen molar-refractivity contribution in [2.45, 2.75) is 30.8 Å². The number of sulfonamides is 1. The molecule has 1 aliphatic carbocycles. The summed E-state index contributed by atoms with van der Waals surface area (Å²) in [6.07, 6.45) is 1.89. The van der Waals surface area contributed by atoms with Crippen LogP contribution in [-0.4, -0.2) is 62.4 Å². The van der Waals surface area contributed by atoms with Crippen molar-refractivity contribution >= 4 is 27.5 Å². The number of carbonyl (C=O) groups excluding carboxylic acids is 1. The van der Waals surface area contributed by atoms with Crippen LogP contribution in [0.2, 0.25) is 5.02 Å². The fraction of sp³-hybridized carbons (Fsp3) is 0.588. The molecule has 0 bridgehead atoms. The molecule has 1 heterocycles. The first kappa shape index (κ1) is 18.6. The van der Waals surface area contributed by atoms with Gasteiger partial charge in [0.2, 0.25) is 10.0 Å². The first-order valence-corrected chi connectivity index (χ1v) is 10.4. The number of hydrogen-bond donors (Lipinski definition) is 0. The number of ether oxygens (including phenoxy) is 1. The van der Waals surface area contributed by atoms with Crippen molar-refractivity contribution in [3.05, 3.63) is 29.3 Å². The van der Waals surface area contributed by atoms with Crippen LogP contribution in [0, 0.1) is 5.92 Å². The summed E-state index contributed by atoms with van der Waals surface area (Å²) in [7, 11) is -3.56. The third-order valence-corrected chi connectivity index (χ3v) is 6.79. The molecule has 25 heavy (non-hydrogen) atoms. The molecule has 2 aliphatic rings. The molecule has 8 heteroatoms. The Labute approximate surface area is 153 Å². The van der Waals surface area contributed by atoms with Crippen molar-refractivity contribution in [3.8, 4) is 0 Å². The third kappa shape index (κ3) is 4.53. The first-order valence-electron chi connectivity index (χ1n) is 8.54. The predicted molar refractivity (Wildman–Crippen MR) is 94.9 cm³/mol. The molecule has 1 saturated heterocycles. The molecule has 1 atom stereocenters. The van der Waals surface area contributed by atoms with Gasteiger partial charge >= 0.3 is 0 Å². The monoisotopic (exact) mass is 386 g/mol. The Morgan fingerprint density at radius 1 is 1.20 bits per heavy atom. The zero-order valence-electron chi connectivity index (χ0n) is 14.2. The number of amides is 1. The topological polar surface area (TPSA) is 66.9 Å². The van der Waals surface area contributed by atoms with E-state index in [1.165, 1.54) is 29.3 Å². The minimum atomic E-state index is -3.56. The summed E-state index contributed by atoms with van der Waals surface area (Å²) in [6.45, 7) is 3.73. The van der Waals surface area contributed by atoms with Gasteiger partial charge in [-0.15, -0.1) is 0 Å². The molecule has 1 saturated carbocycles. The highest BCUT2D eigenvalue weighted by molar-refractivity contribution is 7.89. The van der Waals surface area contributed by atoms with Gasteiger partial charge in [-0.05, 0) is 49.9 Å². The SMILES string of the molecule is CC(OCC1CC1)C(=O)N1CCN(S(=O)(=O)c2ccc(Cl)cc2)CC1. The largest absolute Gasteiger partial charge is 0.368 e. The van der Waals surface area contributed by atoms with E-state index in [9.17, 15) is 13.2 Å². The number of halogens is 1. The zero-order chi connectivity index (χ0) is 18.0. The average Bonchev–Trinajstić information content (AvgIpc) is 3.44. The predicted octanol–water partition coefficient (Wildman–Crippen LogP) is 1.99. The maximum atomic E-state index is 12.6. The molecule has 0 radical (unpaired) electrons. The summed E-state index contributed by atoms with van der Waals surface area (Å²) in [5, 5.41) is 0.495. The van der Waals surface area contributed by atoms with E-state index in [1.807, 2.05) is 0 Å². The molecular weight excluding hydrogens is 364 g/mol. The quantitative estimate of drug-likeness (QED) is 0.749. The second-order valence-electron chi connectivity index (χ2n) is 6.60. The van der Waals surface area contributed by atoms with Crippen molar-refractivity contribution in [2.75, 3.05) is 32.8 Å². The minimum absolute atomic E-state index is 0.0656. The first-order chi connectivity index (χ1) is 11.9. The Morgan fingerprint density at radius 3 is 2.36 bits per heavy atom. The number of piperazine rings is 1. The Morgan fingerprint density at radius 2 is 1.80 bits per heavy atom. The molecule has 2 fully saturated rings. The number of benzene rings is 1. The third-order valence-electron chi connectivity index (χ3n) is 4.63. The lowest BCUT2D eigenvalue weighted by Crippen LogP contribution is -2.52. The molecular formula is C17H23ClN2O4S. The minimum Gasteiger partial charge on any atom is -0.368 e. The van der Waals surface area contributed by atoms with Crippen LogP contribution < -0.4 is 0 Å². The molecule has 0 spiro atoms. The van der Waals surface area contributed by atoms with E-state index in [1.54, 1.807) is 24.0 Å².